The van der Waals surface area contributed by atoms with Crippen molar-refractivity contribution >= 4 is 27.2 Å². The summed E-state index contributed by atoms with van der Waals surface area (Å²) in [6, 6.07) is 4.08. The van der Waals surface area contributed by atoms with Crippen LogP contribution in [0.4, 0.5) is 5.82 Å². The number of hydrogen-bond acceptors (Lipinski definition) is 4. The van der Waals surface area contributed by atoms with Crippen LogP contribution in [0.2, 0.25) is 0 Å². The predicted octanol–water partition coefficient (Wildman–Crippen LogP) is 1.72. The molecule has 3 nitrogen and oxygen atoms in total. The highest BCUT2D eigenvalue weighted by molar-refractivity contribution is 7.17. The molecule has 0 aliphatic carbocycles. The molecule has 2 heterocycles. The summed E-state index contributed by atoms with van der Waals surface area (Å²) in [6.45, 7) is 0.768. The molecule has 0 saturated carbocycles. The first-order chi connectivity index (χ1) is 6.83. The normalized spacial score (nSPS) is 10.7. The second-order valence-corrected chi connectivity index (χ2v) is 4.03. The van der Waals surface area contributed by atoms with E-state index in [1.807, 2.05) is 18.0 Å². The van der Waals surface area contributed by atoms with E-state index in [2.05, 4.69) is 16.4 Å². The largest absolute Gasteiger partial charge is 0.395 e. The van der Waals surface area contributed by atoms with Gasteiger partial charge in [-0.25, -0.2) is 4.98 Å². The number of likely N-dealkylation sites (N-methyl/N-ethyl adjacent to an activating group) is 1. The van der Waals surface area contributed by atoms with Crippen LogP contribution in [-0.2, 0) is 0 Å². The summed E-state index contributed by atoms with van der Waals surface area (Å²) >= 11 is 1.68. The van der Waals surface area contributed by atoms with Gasteiger partial charge in [0.2, 0.25) is 0 Å². The van der Waals surface area contributed by atoms with Crippen molar-refractivity contribution in [3.8, 4) is 0 Å². The van der Waals surface area contributed by atoms with Gasteiger partial charge >= 0.3 is 0 Å². The lowest BCUT2D eigenvalue weighted by molar-refractivity contribution is 0.304. The molecule has 0 unspecified atom stereocenters. The van der Waals surface area contributed by atoms with Crippen LogP contribution in [0, 0.1) is 0 Å². The quantitative estimate of drug-likeness (QED) is 0.834. The zero-order chi connectivity index (χ0) is 9.97. The van der Waals surface area contributed by atoms with Crippen LogP contribution in [0.15, 0.2) is 23.7 Å². The summed E-state index contributed by atoms with van der Waals surface area (Å²) in [5, 5.41) is 12.1. The number of aromatic nitrogens is 1. The summed E-state index contributed by atoms with van der Waals surface area (Å²) < 4.78 is 1.18. The van der Waals surface area contributed by atoms with E-state index in [4.69, 9.17) is 5.11 Å². The molecule has 0 bridgehead atoms. The molecule has 14 heavy (non-hydrogen) atoms. The van der Waals surface area contributed by atoms with Crippen molar-refractivity contribution in [1.82, 2.24) is 4.98 Å². The maximum Gasteiger partial charge on any atom is 0.146 e. The highest BCUT2D eigenvalue weighted by Crippen LogP contribution is 2.28. The van der Waals surface area contributed by atoms with Crippen LogP contribution in [0.1, 0.15) is 0 Å². The Morgan fingerprint density at radius 2 is 2.36 bits per heavy atom. The maximum atomic E-state index is 8.85. The molecule has 0 fully saturated rings. The highest BCUT2D eigenvalue weighted by atomic mass is 32.1. The Morgan fingerprint density at radius 1 is 1.50 bits per heavy atom. The molecule has 0 aliphatic heterocycles. The lowest BCUT2D eigenvalue weighted by atomic mass is 10.3. The predicted molar refractivity (Wildman–Crippen MR) is 60.0 cm³/mol. The zero-order valence-corrected chi connectivity index (χ0v) is 8.79. The van der Waals surface area contributed by atoms with E-state index < -0.39 is 0 Å². The number of thiophene rings is 1. The van der Waals surface area contributed by atoms with Crippen LogP contribution in [-0.4, -0.2) is 30.3 Å². The van der Waals surface area contributed by atoms with Gasteiger partial charge in [-0.05, 0) is 22.9 Å². The minimum atomic E-state index is 0.153. The van der Waals surface area contributed by atoms with Crippen molar-refractivity contribution in [2.45, 2.75) is 0 Å². The summed E-state index contributed by atoms with van der Waals surface area (Å²) in [4.78, 5) is 6.29. The molecule has 0 radical (unpaired) electrons. The second kappa shape index (κ2) is 3.94. The van der Waals surface area contributed by atoms with Gasteiger partial charge in [-0.3, -0.25) is 0 Å². The Bertz CT molecular complexity index is 427. The molecule has 2 aromatic rings. The van der Waals surface area contributed by atoms with Crippen LogP contribution < -0.4 is 4.90 Å². The summed E-state index contributed by atoms with van der Waals surface area (Å²) in [6.07, 6.45) is 1.80. The molecular weight excluding hydrogens is 196 g/mol. The molecular formula is C10H12N2OS. The van der Waals surface area contributed by atoms with Gasteiger partial charge < -0.3 is 10.0 Å². The van der Waals surface area contributed by atoms with Gasteiger partial charge in [0.25, 0.3) is 0 Å². The zero-order valence-electron chi connectivity index (χ0n) is 7.97. The Hall–Kier alpha value is -1.13. The lowest BCUT2D eigenvalue weighted by Gasteiger charge is -2.16. The van der Waals surface area contributed by atoms with Crippen molar-refractivity contribution in [2.75, 3.05) is 25.1 Å². The van der Waals surface area contributed by atoms with Gasteiger partial charge in [0.1, 0.15) is 5.82 Å². The first-order valence-electron chi connectivity index (χ1n) is 4.47. The minimum absolute atomic E-state index is 0.153. The number of fused-ring (bicyclic) bond motifs is 1. The number of aliphatic hydroxyl groups is 1. The molecule has 0 saturated heterocycles. The first-order valence-corrected chi connectivity index (χ1v) is 5.35. The van der Waals surface area contributed by atoms with Gasteiger partial charge in [0, 0.05) is 19.8 Å². The molecule has 4 heteroatoms. The van der Waals surface area contributed by atoms with Gasteiger partial charge in [0.05, 0.1) is 11.3 Å². The van der Waals surface area contributed by atoms with Crippen LogP contribution in [0.3, 0.4) is 0 Å². The molecule has 2 rings (SSSR count). The Kier molecular flexibility index (Phi) is 2.65. The van der Waals surface area contributed by atoms with Crippen molar-refractivity contribution < 1.29 is 5.11 Å². The molecule has 0 aromatic carbocycles. The summed E-state index contributed by atoms with van der Waals surface area (Å²) in [5.74, 6) is 0.951. The van der Waals surface area contributed by atoms with E-state index >= 15 is 0 Å². The third kappa shape index (κ3) is 1.58. The summed E-state index contributed by atoms with van der Waals surface area (Å²) in [5.41, 5.74) is 0. The Morgan fingerprint density at radius 3 is 3.14 bits per heavy atom. The van der Waals surface area contributed by atoms with Crippen molar-refractivity contribution in [3.63, 3.8) is 0 Å². The van der Waals surface area contributed by atoms with E-state index in [-0.39, 0.29) is 6.61 Å². The first kappa shape index (κ1) is 9.43. The topological polar surface area (TPSA) is 36.4 Å². The van der Waals surface area contributed by atoms with E-state index in [1.54, 1.807) is 17.5 Å². The number of nitrogens with zero attached hydrogens (tertiary/aromatic N) is 2. The number of rotatable bonds is 3. The number of hydrogen-bond donors (Lipinski definition) is 1. The van der Waals surface area contributed by atoms with Gasteiger partial charge in [-0.2, -0.15) is 0 Å². The third-order valence-corrected chi connectivity index (χ3v) is 3.07. The number of pyridine rings is 1. The molecule has 0 atom stereocenters. The van der Waals surface area contributed by atoms with E-state index in [0.717, 1.165) is 5.82 Å². The van der Waals surface area contributed by atoms with Gasteiger partial charge in [-0.15, -0.1) is 11.3 Å². The second-order valence-electron chi connectivity index (χ2n) is 3.12. The average Bonchev–Trinajstić information content (AvgIpc) is 2.65. The molecule has 0 aliphatic rings. The fourth-order valence-corrected chi connectivity index (χ4v) is 2.34. The average molecular weight is 208 g/mol. The van der Waals surface area contributed by atoms with E-state index in [0.29, 0.717) is 6.54 Å². The fourth-order valence-electron chi connectivity index (χ4n) is 1.41. The summed E-state index contributed by atoms with van der Waals surface area (Å²) in [7, 11) is 1.94. The Balaban J connectivity index is 2.45. The number of aliphatic hydroxyl groups excluding tert-OH is 1. The lowest BCUT2D eigenvalue weighted by Crippen LogP contribution is -2.22. The smallest absolute Gasteiger partial charge is 0.146 e. The monoisotopic (exact) mass is 208 g/mol. The van der Waals surface area contributed by atoms with Gasteiger partial charge in [-0.1, -0.05) is 0 Å². The van der Waals surface area contributed by atoms with E-state index in [1.165, 1.54) is 10.1 Å². The fraction of sp³-hybridized carbons (Fsp3) is 0.300. The van der Waals surface area contributed by atoms with Crippen LogP contribution in [0.5, 0.6) is 0 Å². The molecule has 74 valence electrons. The maximum absolute atomic E-state index is 8.85. The van der Waals surface area contributed by atoms with Crippen molar-refractivity contribution in [2.24, 2.45) is 0 Å². The van der Waals surface area contributed by atoms with E-state index in [9.17, 15) is 0 Å². The molecule has 0 amide bonds. The third-order valence-electron chi connectivity index (χ3n) is 2.15. The molecule has 2 aromatic heterocycles. The molecule has 0 spiro atoms. The SMILES string of the molecule is CN(CCO)c1nccc2ccsc12. The van der Waals surface area contributed by atoms with Crippen LogP contribution >= 0.6 is 11.3 Å². The standard InChI is InChI=1S/C10H12N2OS/c1-12(5-6-13)10-9-8(2-4-11-10)3-7-14-9/h2-4,7,13H,5-6H2,1H3. The van der Waals surface area contributed by atoms with Gasteiger partial charge in [0.15, 0.2) is 0 Å². The number of anilines is 1. The highest BCUT2D eigenvalue weighted by Gasteiger charge is 2.07. The van der Waals surface area contributed by atoms with Crippen molar-refractivity contribution in [1.29, 1.82) is 0 Å². The molecule has 1 N–H and O–H groups in total. The minimum Gasteiger partial charge on any atom is -0.395 e. The van der Waals surface area contributed by atoms with Crippen LogP contribution in [0.25, 0.3) is 10.1 Å². The van der Waals surface area contributed by atoms with Crippen molar-refractivity contribution in [3.05, 3.63) is 23.7 Å². The Labute approximate surface area is 86.6 Å².